The first kappa shape index (κ1) is 68.2. The van der Waals surface area contributed by atoms with Crippen LogP contribution in [0.25, 0.3) is 0 Å². The van der Waals surface area contributed by atoms with E-state index in [1.54, 1.807) is 0 Å². The van der Waals surface area contributed by atoms with E-state index in [-0.39, 0.29) is 18.9 Å². The Morgan fingerprint density at radius 3 is 1.04 bits per heavy atom. The van der Waals surface area contributed by atoms with Crippen LogP contribution in [0.5, 0.6) is 0 Å². The third-order valence-electron chi connectivity index (χ3n) is 15.6. The van der Waals surface area contributed by atoms with Crippen LogP contribution < -0.4 is 5.32 Å². The zero-order chi connectivity index (χ0) is 51.7. The van der Waals surface area contributed by atoms with Gasteiger partial charge >= 0.3 is 0 Å². The van der Waals surface area contributed by atoms with Gasteiger partial charge in [-0.1, -0.05) is 303 Å². The molecule has 10 nitrogen and oxygen atoms in total. The number of hydrogen-bond acceptors (Lipinski definition) is 9. The lowest BCUT2D eigenvalue weighted by molar-refractivity contribution is -0.303. The lowest BCUT2D eigenvalue weighted by Crippen LogP contribution is -2.60. The molecule has 1 aliphatic rings. The summed E-state index contributed by atoms with van der Waals surface area (Å²) in [5.41, 5.74) is 0. The molecular formula is C61H121NO9. The van der Waals surface area contributed by atoms with Crippen molar-refractivity contribution in [1.82, 2.24) is 5.32 Å². The summed E-state index contributed by atoms with van der Waals surface area (Å²) in [6.45, 7) is 3.66. The Balaban J connectivity index is 2.14. The number of nitrogens with one attached hydrogen (secondary N) is 1. The summed E-state index contributed by atoms with van der Waals surface area (Å²) in [6.07, 6.45) is 51.5. The van der Waals surface area contributed by atoms with Crippen LogP contribution in [-0.4, -0.2) is 98.7 Å². The largest absolute Gasteiger partial charge is 0.394 e. The minimum Gasteiger partial charge on any atom is -0.394 e. The molecule has 7 N–H and O–H groups in total. The number of unbranched alkanes of at least 4 members (excludes halogenated alkanes) is 44. The van der Waals surface area contributed by atoms with Gasteiger partial charge in [0.15, 0.2) is 6.29 Å². The predicted octanol–water partition coefficient (Wildman–Crippen LogP) is 14.8. The van der Waals surface area contributed by atoms with Crippen LogP contribution in [-0.2, 0) is 14.3 Å². The lowest BCUT2D eigenvalue weighted by Gasteiger charge is -2.40. The molecule has 1 amide bonds. The number of amides is 1. The maximum Gasteiger partial charge on any atom is 0.220 e. The van der Waals surface area contributed by atoms with Crippen molar-refractivity contribution in [2.24, 2.45) is 0 Å². The number of hydrogen-bond donors (Lipinski definition) is 7. The summed E-state index contributed by atoms with van der Waals surface area (Å²) in [6, 6.07) is -0.986. The third-order valence-corrected chi connectivity index (χ3v) is 15.6. The lowest BCUT2D eigenvalue weighted by atomic mass is 9.98. The molecule has 0 bridgehead atoms. The maximum atomic E-state index is 13.1. The van der Waals surface area contributed by atoms with Gasteiger partial charge in [-0.2, -0.15) is 0 Å². The molecule has 1 aliphatic heterocycles. The van der Waals surface area contributed by atoms with E-state index in [0.717, 1.165) is 38.5 Å². The minimum absolute atomic E-state index is 0.249. The number of ether oxygens (including phenoxy) is 2. The molecule has 0 radical (unpaired) electrons. The molecule has 1 saturated heterocycles. The average molecular weight is 1010 g/mol. The van der Waals surface area contributed by atoms with Crippen molar-refractivity contribution in [3.05, 3.63) is 0 Å². The van der Waals surface area contributed by atoms with E-state index in [4.69, 9.17) is 9.47 Å². The Kier molecular flexibility index (Phi) is 49.2. The normalized spacial score (nSPS) is 19.6. The molecule has 2 unspecified atom stereocenters. The predicted molar refractivity (Wildman–Crippen MR) is 297 cm³/mol. The van der Waals surface area contributed by atoms with Crippen LogP contribution in [0.2, 0.25) is 0 Å². The molecule has 71 heavy (non-hydrogen) atoms. The smallest absolute Gasteiger partial charge is 0.220 e. The van der Waals surface area contributed by atoms with Gasteiger partial charge in [-0.3, -0.25) is 4.79 Å². The number of carbonyl (C=O) groups is 1. The minimum atomic E-state index is -1.60. The van der Waals surface area contributed by atoms with Gasteiger partial charge in [0, 0.05) is 6.42 Å². The standard InChI is InChI=1S/C61H121NO9/c1-3-5-7-9-11-13-15-17-19-20-21-22-23-24-25-26-27-28-29-30-31-32-33-34-36-38-40-42-44-46-48-50-56(65)62-53(52-70-61-60(69)59(68)58(67)55(51-63)71-61)57(66)54(64)49-47-45-43-41-39-37-35-18-16-14-12-10-8-6-4-2/h53-55,57-61,63-64,66-69H,3-52H2,1-2H3,(H,62,65)/t53-,54+,55+,57-,58+,59?,60?,61+/m0/s1. The fraction of sp³-hybridized carbons (Fsp3) is 0.984. The van der Waals surface area contributed by atoms with Crippen molar-refractivity contribution < 1.29 is 44.9 Å². The quantitative estimate of drug-likeness (QED) is 0.0293. The SMILES string of the molecule is CCCCCCCCCCCCCCCCCCCCCCCCCCCCCCCCCC(=O)N[C@@H](CO[C@@H]1O[C@H](CO)[C@@H](O)C(O)C1O)[C@H](O)[C@H](O)CCCCCCCCCCCCCCCCC. The highest BCUT2D eigenvalue weighted by atomic mass is 16.7. The fourth-order valence-corrected chi connectivity index (χ4v) is 10.6. The van der Waals surface area contributed by atoms with E-state index in [1.807, 2.05) is 0 Å². The van der Waals surface area contributed by atoms with Gasteiger partial charge in [0.05, 0.1) is 25.4 Å². The Morgan fingerprint density at radius 1 is 0.437 bits per heavy atom. The summed E-state index contributed by atoms with van der Waals surface area (Å²) >= 11 is 0. The monoisotopic (exact) mass is 1010 g/mol. The topological polar surface area (TPSA) is 169 Å². The van der Waals surface area contributed by atoms with Crippen LogP contribution in [0.15, 0.2) is 0 Å². The molecule has 0 aromatic heterocycles. The van der Waals surface area contributed by atoms with Gasteiger partial charge in [-0.05, 0) is 12.8 Å². The van der Waals surface area contributed by atoms with Crippen molar-refractivity contribution in [3.8, 4) is 0 Å². The molecular weight excluding hydrogens is 891 g/mol. The Morgan fingerprint density at radius 2 is 0.732 bits per heavy atom. The van der Waals surface area contributed by atoms with E-state index >= 15 is 0 Å². The zero-order valence-electron chi connectivity index (χ0n) is 46.9. The Hall–Kier alpha value is -0.850. The van der Waals surface area contributed by atoms with Crippen LogP contribution >= 0.6 is 0 Å². The molecule has 8 atom stereocenters. The van der Waals surface area contributed by atoms with E-state index in [0.29, 0.717) is 6.42 Å². The van der Waals surface area contributed by atoms with Crippen molar-refractivity contribution in [2.45, 2.75) is 371 Å². The van der Waals surface area contributed by atoms with Crippen LogP contribution in [0.1, 0.15) is 322 Å². The van der Waals surface area contributed by atoms with E-state index < -0.39 is 55.6 Å². The summed E-state index contributed by atoms with van der Waals surface area (Å²) in [7, 11) is 0. The van der Waals surface area contributed by atoms with Gasteiger partial charge in [-0.15, -0.1) is 0 Å². The molecule has 0 aromatic rings. The zero-order valence-corrected chi connectivity index (χ0v) is 46.9. The number of rotatable bonds is 55. The highest BCUT2D eigenvalue weighted by molar-refractivity contribution is 5.76. The molecule has 0 aliphatic carbocycles. The van der Waals surface area contributed by atoms with E-state index in [1.165, 1.54) is 257 Å². The average Bonchev–Trinajstić information content (AvgIpc) is 3.37. The second-order valence-electron chi connectivity index (χ2n) is 22.4. The van der Waals surface area contributed by atoms with Crippen molar-refractivity contribution >= 4 is 5.91 Å². The van der Waals surface area contributed by atoms with Crippen molar-refractivity contribution in [1.29, 1.82) is 0 Å². The Labute approximate surface area is 438 Å². The fourth-order valence-electron chi connectivity index (χ4n) is 10.6. The summed E-state index contributed by atoms with van der Waals surface area (Å²) < 4.78 is 11.2. The highest BCUT2D eigenvalue weighted by Crippen LogP contribution is 2.24. The second-order valence-corrected chi connectivity index (χ2v) is 22.4. The third kappa shape index (κ3) is 40.1. The van der Waals surface area contributed by atoms with Gasteiger partial charge in [0.1, 0.15) is 30.5 Å². The summed E-state index contributed by atoms with van der Waals surface area (Å²) in [5, 5.41) is 65.6. The molecule has 0 aromatic carbocycles. The van der Waals surface area contributed by atoms with Crippen molar-refractivity contribution in [2.75, 3.05) is 13.2 Å². The first-order valence-corrected chi connectivity index (χ1v) is 31.3. The molecule has 10 heteroatoms. The van der Waals surface area contributed by atoms with Gasteiger partial charge < -0.3 is 45.4 Å². The van der Waals surface area contributed by atoms with Gasteiger partial charge in [-0.25, -0.2) is 0 Å². The van der Waals surface area contributed by atoms with Crippen molar-refractivity contribution in [3.63, 3.8) is 0 Å². The summed E-state index contributed by atoms with van der Waals surface area (Å²) in [4.78, 5) is 13.1. The summed E-state index contributed by atoms with van der Waals surface area (Å²) in [5.74, 6) is -0.249. The maximum absolute atomic E-state index is 13.1. The molecule has 0 saturated carbocycles. The van der Waals surface area contributed by atoms with Gasteiger partial charge in [0.2, 0.25) is 5.91 Å². The molecule has 0 spiro atoms. The first-order valence-electron chi connectivity index (χ1n) is 31.3. The highest BCUT2D eigenvalue weighted by Gasteiger charge is 2.44. The number of carbonyl (C=O) groups excluding carboxylic acids is 1. The van der Waals surface area contributed by atoms with Gasteiger partial charge in [0.25, 0.3) is 0 Å². The van der Waals surface area contributed by atoms with Crippen LogP contribution in [0, 0.1) is 0 Å². The second kappa shape index (κ2) is 51.3. The molecule has 1 fully saturated rings. The number of aliphatic hydroxyl groups excluding tert-OH is 6. The number of aliphatic hydroxyl groups is 6. The molecule has 424 valence electrons. The molecule has 1 heterocycles. The van der Waals surface area contributed by atoms with E-state index in [9.17, 15) is 35.4 Å². The Bertz CT molecular complexity index is 1100. The molecule has 1 rings (SSSR count). The van der Waals surface area contributed by atoms with Crippen LogP contribution in [0.3, 0.4) is 0 Å². The van der Waals surface area contributed by atoms with E-state index in [2.05, 4.69) is 19.2 Å². The first-order chi connectivity index (χ1) is 34.8. The van der Waals surface area contributed by atoms with Crippen LogP contribution in [0.4, 0.5) is 0 Å².